The van der Waals surface area contributed by atoms with Crippen molar-refractivity contribution in [2.75, 3.05) is 20.1 Å². The van der Waals surface area contributed by atoms with Crippen LogP contribution in [0, 0.1) is 0 Å². The summed E-state index contributed by atoms with van der Waals surface area (Å²) in [5.74, 6) is 0. The fraction of sp³-hybridized carbons (Fsp3) is 1.00. The number of nitrogens with one attached hydrogen (secondary N) is 1. The predicted molar refractivity (Wildman–Crippen MR) is 63.0 cm³/mol. The first kappa shape index (κ1) is 14.8. The van der Waals surface area contributed by atoms with E-state index < -0.39 is 12.7 Å². The fourth-order valence-corrected chi connectivity index (χ4v) is 2.41. The number of halogens is 3. The Kier molecular flexibility index (Phi) is 5.73. The summed E-state index contributed by atoms with van der Waals surface area (Å²) in [4.78, 5) is 2.22. The quantitative estimate of drug-likeness (QED) is 0.809. The van der Waals surface area contributed by atoms with Crippen LogP contribution >= 0.6 is 0 Å². The molecular formula is C12H23F3N2. The van der Waals surface area contributed by atoms with Gasteiger partial charge >= 0.3 is 6.18 Å². The summed E-state index contributed by atoms with van der Waals surface area (Å²) in [6, 6.07) is 0.701. The van der Waals surface area contributed by atoms with Crippen LogP contribution in [0.1, 0.15) is 39.0 Å². The van der Waals surface area contributed by atoms with Gasteiger partial charge in [0.15, 0.2) is 0 Å². The highest BCUT2D eigenvalue weighted by Gasteiger charge is 2.27. The summed E-state index contributed by atoms with van der Waals surface area (Å²) in [6.45, 7) is 1.49. The lowest BCUT2D eigenvalue weighted by Gasteiger charge is -2.35. The van der Waals surface area contributed by atoms with E-state index in [1.807, 2.05) is 14.0 Å². The number of rotatable bonds is 5. The summed E-state index contributed by atoms with van der Waals surface area (Å²) in [5, 5.41) is 2.48. The first-order valence-corrected chi connectivity index (χ1v) is 6.39. The molecule has 1 fully saturated rings. The molecule has 0 aromatic rings. The molecule has 1 atom stereocenters. The van der Waals surface area contributed by atoms with E-state index in [-0.39, 0.29) is 6.04 Å². The van der Waals surface area contributed by atoms with Crippen molar-refractivity contribution in [3.05, 3.63) is 0 Å². The van der Waals surface area contributed by atoms with Crippen LogP contribution < -0.4 is 5.32 Å². The van der Waals surface area contributed by atoms with Gasteiger partial charge in [-0.15, -0.1) is 0 Å². The lowest BCUT2D eigenvalue weighted by atomic mass is 9.94. The average Bonchev–Trinajstić information content (AvgIpc) is 2.27. The molecule has 0 amide bonds. The number of nitrogens with zero attached hydrogens (tertiary/aromatic N) is 1. The SMILES string of the molecule is CC(CNCC(F)(F)F)N(C)C1CCCCC1. The molecular weight excluding hydrogens is 229 g/mol. The van der Waals surface area contributed by atoms with Gasteiger partial charge < -0.3 is 5.32 Å². The zero-order valence-corrected chi connectivity index (χ0v) is 10.7. The van der Waals surface area contributed by atoms with Crippen molar-refractivity contribution in [1.29, 1.82) is 0 Å². The number of likely N-dealkylation sites (N-methyl/N-ethyl adjacent to an activating group) is 1. The van der Waals surface area contributed by atoms with Crippen molar-refractivity contribution in [1.82, 2.24) is 10.2 Å². The van der Waals surface area contributed by atoms with E-state index in [9.17, 15) is 13.2 Å². The Morgan fingerprint density at radius 3 is 2.35 bits per heavy atom. The minimum atomic E-state index is -4.11. The van der Waals surface area contributed by atoms with Crippen molar-refractivity contribution >= 4 is 0 Å². The number of hydrogen-bond acceptors (Lipinski definition) is 2. The van der Waals surface area contributed by atoms with Gasteiger partial charge in [0.25, 0.3) is 0 Å². The molecule has 1 aliphatic rings. The summed E-state index contributed by atoms with van der Waals surface area (Å²) in [7, 11) is 2.02. The largest absolute Gasteiger partial charge is 0.401 e. The van der Waals surface area contributed by atoms with E-state index in [1.54, 1.807) is 0 Å². The molecule has 0 saturated heterocycles. The molecule has 1 aliphatic carbocycles. The maximum absolute atomic E-state index is 12.0. The van der Waals surface area contributed by atoms with Gasteiger partial charge in [-0.05, 0) is 26.8 Å². The molecule has 17 heavy (non-hydrogen) atoms. The molecule has 0 heterocycles. The minimum absolute atomic E-state index is 0.153. The Morgan fingerprint density at radius 1 is 1.24 bits per heavy atom. The standard InChI is InChI=1S/C12H23F3N2/c1-10(8-16-9-12(13,14)15)17(2)11-6-4-3-5-7-11/h10-11,16H,3-9H2,1-2H3. The first-order chi connectivity index (χ1) is 7.90. The topological polar surface area (TPSA) is 15.3 Å². The van der Waals surface area contributed by atoms with E-state index in [4.69, 9.17) is 0 Å². The Bertz CT molecular complexity index is 212. The molecule has 0 aromatic heterocycles. The second-order valence-electron chi connectivity index (χ2n) is 5.05. The van der Waals surface area contributed by atoms with Gasteiger partial charge in [-0.2, -0.15) is 13.2 Å². The van der Waals surface area contributed by atoms with Crippen LogP contribution in [0.3, 0.4) is 0 Å². The van der Waals surface area contributed by atoms with Crippen LogP contribution in [-0.4, -0.2) is 43.3 Å². The number of alkyl halides is 3. The van der Waals surface area contributed by atoms with Crippen LogP contribution in [0.15, 0.2) is 0 Å². The third kappa shape index (κ3) is 5.73. The number of hydrogen-bond donors (Lipinski definition) is 1. The fourth-order valence-electron chi connectivity index (χ4n) is 2.41. The third-order valence-corrected chi connectivity index (χ3v) is 3.61. The first-order valence-electron chi connectivity index (χ1n) is 6.39. The molecule has 2 nitrogen and oxygen atoms in total. The average molecular weight is 252 g/mol. The van der Waals surface area contributed by atoms with Crippen LogP contribution in [0.25, 0.3) is 0 Å². The zero-order chi connectivity index (χ0) is 12.9. The zero-order valence-electron chi connectivity index (χ0n) is 10.7. The Labute approximate surface area is 102 Å². The maximum atomic E-state index is 12.0. The van der Waals surface area contributed by atoms with Gasteiger partial charge in [-0.3, -0.25) is 4.90 Å². The summed E-state index contributed by atoms with van der Waals surface area (Å²) in [5.41, 5.74) is 0. The third-order valence-electron chi connectivity index (χ3n) is 3.61. The Balaban J connectivity index is 2.23. The molecule has 0 aromatic carbocycles. The molecule has 1 unspecified atom stereocenters. The highest BCUT2D eigenvalue weighted by atomic mass is 19.4. The molecule has 102 valence electrons. The molecule has 0 bridgehead atoms. The van der Waals surface area contributed by atoms with Gasteiger partial charge in [0.1, 0.15) is 0 Å². The summed E-state index contributed by atoms with van der Waals surface area (Å²) < 4.78 is 36.0. The van der Waals surface area contributed by atoms with Crippen LogP contribution in [-0.2, 0) is 0 Å². The Hall–Kier alpha value is -0.290. The van der Waals surface area contributed by atoms with E-state index in [0.717, 1.165) is 0 Å². The molecule has 1 saturated carbocycles. The van der Waals surface area contributed by atoms with Crippen molar-refractivity contribution in [2.24, 2.45) is 0 Å². The maximum Gasteiger partial charge on any atom is 0.401 e. The predicted octanol–water partition coefficient (Wildman–Crippen LogP) is 2.79. The molecule has 0 radical (unpaired) electrons. The summed E-state index contributed by atoms with van der Waals surface area (Å²) in [6.07, 6.45) is 2.05. The van der Waals surface area contributed by atoms with Gasteiger partial charge in [0, 0.05) is 18.6 Å². The van der Waals surface area contributed by atoms with E-state index >= 15 is 0 Å². The van der Waals surface area contributed by atoms with Crippen LogP contribution in [0.2, 0.25) is 0 Å². The second kappa shape index (κ2) is 6.59. The monoisotopic (exact) mass is 252 g/mol. The second-order valence-corrected chi connectivity index (χ2v) is 5.05. The molecule has 5 heteroatoms. The lowest BCUT2D eigenvalue weighted by molar-refractivity contribution is -0.125. The summed E-state index contributed by atoms with van der Waals surface area (Å²) >= 11 is 0. The van der Waals surface area contributed by atoms with Crippen molar-refractivity contribution in [2.45, 2.75) is 57.3 Å². The minimum Gasteiger partial charge on any atom is -0.307 e. The van der Waals surface area contributed by atoms with E-state index in [0.29, 0.717) is 12.6 Å². The van der Waals surface area contributed by atoms with Gasteiger partial charge in [0.05, 0.1) is 6.54 Å². The van der Waals surface area contributed by atoms with E-state index in [1.165, 1.54) is 32.1 Å². The van der Waals surface area contributed by atoms with Gasteiger partial charge in [0.2, 0.25) is 0 Å². The Morgan fingerprint density at radius 2 is 1.82 bits per heavy atom. The van der Waals surface area contributed by atoms with Crippen molar-refractivity contribution in [3.63, 3.8) is 0 Å². The highest BCUT2D eigenvalue weighted by Crippen LogP contribution is 2.22. The van der Waals surface area contributed by atoms with E-state index in [2.05, 4.69) is 10.2 Å². The van der Waals surface area contributed by atoms with Crippen LogP contribution in [0.4, 0.5) is 13.2 Å². The lowest BCUT2D eigenvalue weighted by Crippen LogP contribution is -2.46. The molecule has 1 N–H and O–H groups in total. The highest BCUT2D eigenvalue weighted by molar-refractivity contribution is 4.78. The van der Waals surface area contributed by atoms with Crippen molar-refractivity contribution < 1.29 is 13.2 Å². The smallest absolute Gasteiger partial charge is 0.307 e. The molecule has 1 rings (SSSR count). The molecule has 0 aliphatic heterocycles. The van der Waals surface area contributed by atoms with Gasteiger partial charge in [-0.1, -0.05) is 19.3 Å². The normalized spacial score (nSPS) is 20.8. The van der Waals surface area contributed by atoms with Crippen molar-refractivity contribution in [3.8, 4) is 0 Å². The van der Waals surface area contributed by atoms with Crippen LogP contribution in [0.5, 0.6) is 0 Å². The molecule has 0 spiro atoms. The van der Waals surface area contributed by atoms with Gasteiger partial charge in [-0.25, -0.2) is 0 Å².